The predicted octanol–water partition coefficient (Wildman–Crippen LogP) is 3.87. The second kappa shape index (κ2) is 5.33. The minimum absolute atomic E-state index is 0.0683. The van der Waals surface area contributed by atoms with Crippen molar-refractivity contribution in [2.45, 2.75) is 6.54 Å². The largest absolute Gasteiger partial charge is 0.451 e. The first kappa shape index (κ1) is 12.8. The van der Waals surface area contributed by atoms with Gasteiger partial charge in [0.25, 0.3) is 0 Å². The van der Waals surface area contributed by atoms with Gasteiger partial charge in [0.1, 0.15) is 0 Å². The van der Waals surface area contributed by atoms with Crippen molar-refractivity contribution in [1.29, 1.82) is 0 Å². The fourth-order valence-corrected chi connectivity index (χ4v) is 1.66. The van der Waals surface area contributed by atoms with Gasteiger partial charge >= 0.3 is 0 Å². The number of nitrogens with two attached hydrogens (primary N) is 1. The summed E-state index contributed by atoms with van der Waals surface area (Å²) in [6.07, 6.45) is 0. The van der Waals surface area contributed by atoms with E-state index in [1.165, 1.54) is 24.3 Å². The van der Waals surface area contributed by atoms with Gasteiger partial charge in [-0.3, -0.25) is 0 Å². The summed E-state index contributed by atoms with van der Waals surface area (Å²) >= 11 is 5.62. The zero-order chi connectivity index (χ0) is 13.1. The van der Waals surface area contributed by atoms with Crippen LogP contribution in [0.5, 0.6) is 11.5 Å². The van der Waals surface area contributed by atoms with Gasteiger partial charge in [-0.2, -0.15) is 0 Å². The highest BCUT2D eigenvalue weighted by Crippen LogP contribution is 2.30. The summed E-state index contributed by atoms with van der Waals surface area (Å²) in [7, 11) is 0. The molecule has 2 aromatic carbocycles. The van der Waals surface area contributed by atoms with E-state index in [1.54, 1.807) is 6.07 Å². The Morgan fingerprint density at radius 1 is 1.11 bits per heavy atom. The van der Waals surface area contributed by atoms with Gasteiger partial charge in [-0.15, -0.1) is 0 Å². The highest BCUT2D eigenvalue weighted by molar-refractivity contribution is 6.30. The summed E-state index contributed by atoms with van der Waals surface area (Å²) in [5, 5.41) is 0.243. The first-order valence-corrected chi connectivity index (χ1v) is 5.60. The molecule has 0 aliphatic carbocycles. The van der Waals surface area contributed by atoms with Crippen molar-refractivity contribution in [3.63, 3.8) is 0 Å². The predicted molar refractivity (Wildman–Crippen MR) is 65.8 cm³/mol. The van der Waals surface area contributed by atoms with Gasteiger partial charge < -0.3 is 10.5 Å². The highest BCUT2D eigenvalue weighted by Gasteiger charge is 2.12. The monoisotopic (exact) mass is 269 g/mol. The van der Waals surface area contributed by atoms with Crippen LogP contribution in [0, 0.1) is 11.6 Å². The Kier molecular flexibility index (Phi) is 3.79. The molecule has 2 rings (SSSR count). The van der Waals surface area contributed by atoms with E-state index in [0.29, 0.717) is 5.56 Å². The summed E-state index contributed by atoms with van der Waals surface area (Å²) in [4.78, 5) is 0. The number of rotatable bonds is 3. The molecule has 0 atom stereocenters. The Morgan fingerprint density at radius 2 is 1.89 bits per heavy atom. The second-order valence-corrected chi connectivity index (χ2v) is 4.05. The van der Waals surface area contributed by atoms with Gasteiger partial charge in [-0.1, -0.05) is 23.7 Å². The fourth-order valence-electron chi connectivity index (χ4n) is 1.50. The lowest BCUT2D eigenvalue weighted by molar-refractivity contribution is 0.410. The molecule has 0 fully saturated rings. The molecule has 0 aliphatic rings. The Morgan fingerprint density at radius 3 is 2.56 bits per heavy atom. The molecular formula is C13H10ClF2NO. The van der Waals surface area contributed by atoms with Crippen LogP contribution in [-0.2, 0) is 6.54 Å². The molecule has 0 aliphatic heterocycles. The van der Waals surface area contributed by atoms with Crippen LogP contribution in [-0.4, -0.2) is 0 Å². The van der Waals surface area contributed by atoms with Gasteiger partial charge in [-0.05, 0) is 24.3 Å². The molecule has 94 valence electrons. The molecule has 2 N–H and O–H groups in total. The van der Waals surface area contributed by atoms with Crippen molar-refractivity contribution in [2.75, 3.05) is 0 Å². The van der Waals surface area contributed by atoms with Crippen molar-refractivity contribution in [3.05, 3.63) is 58.6 Å². The van der Waals surface area contributed by atoms with Gasteiger partial charge in [0, 0.05) is 17.1 Å². The third-order valence-electron chi connectivity index (χ3n) is 2.37. The number of hydrogen-bond acceptors (Lipinski definition) is 2. The maximum atomic E-state index is 13.6. The van der Waals surface area contributed by atoms with Crippen molar-refractivity contribution < 1.29 is 13.5 Å². The molecule has 0 spiro atoms. The first-order chi connectivity index (χ1) is 8.61. The van der Waals surface area contributed by atoms with Gasteiger partial charge in [0.05, 0.1) is 0 Å². The minimum Gasteiger partial charge on any atom is -0.451 e. The average molecular weight is 270 g/mol. The maximum Gasteiger partial charge on any atom is 0.167 e. The SMILES string of the molecule is NCc1cccc(F)c1Oc1ccc(Cl)cc1F. The molecule has 0 heterocycles. The molecule has 0 saturated heterocycles. The smallest absolute Gasteiger partial charge is 0.167 e. The molecule has 2 aromatic rings. The quantitative estimate of drug-likeness (QED) is 0.918. The van der Waals surface area contributed by atoms with E-state index < -0.39 is 11.6 Å². The van der Waals surface area contributed by atoms with Gasteiger partial charge in [0.2, 0.25) is 0 Å². The van der Waals surface area contributed by atoms with Crippen LogP contribution in [0.1, 0.15) is 5.56 Å². The fraction of sp³-hybridized carbons (Fsp3) is 0.0769. The molecule has 0 radical (unpaired) electrons. The number of ether oxygens (including phenoxy) is 1. The van der Waals surface area contributed by atoms with Crippen molar-refractivity contribution in [3.8, 4) is 11.5 Å². The first-order valence-electron chi connectivity index (χ1n) is 5.22. The van der Waals surface area contributed by atoms with Crippen LogP contribution in [0.15, 0.2) is 36.4 Å². The molecule has 0 unspecified atom stereocenters. The number of benzene rings is 2. The molecule has 0 saturated carbocycles. The van der Waals surface area contributed by atoms with Crippen molar-refractivity contribution in [2.24, 2.45) is 5.73 Å². The zero-order valence-electron chi connectivity index (χ0n) is 9.29. The Bertz CT molecular complexity index is 575. The summed E-state index contributed by atoms with van der Waals surface area (Å²) < 4.78 is 32.4. The van der Waals surface area contributed by atoms with Crippen molar-refractivity contribution in [1.82, 2.24) is 0 Å². The Balaban J connectivity index is 2.39. The summed E-state index contributed by atoms with van der Waals surface area (Å²) in [6, 6.07) is 8.25. The Labute approximate surface area is 108 Å². The van der Waals surface area contributed by atoms with Crippen LogP contribution >= 0.6 is 11.6 Å². The van der Waals surface area contributed by atoms with E-state index in [0.717, 1.165) is 6.07 Å². The third kappa shape index (κ3) is 2.60. The molecule has 0 aromatic heterocycles. The topological polar surface area (TPSA) is 35.2 Å². The van der Waals surface area contributed by atoms with E-state index in [9.17, 15) is 8.78 Å². The standard InChI is InChI=1S/C13H10ClF2NO/c14-9-4-5-12(11(16)6-9)18-13-8(7-17)2-1-3-10(13)15/h1-6H,7,17H2. The summed E-state index contributed by atoms with van der Waals surface area (Å²) in [5.41, 5.74) is 5.94. The molecule has 18 heavy (non-hydrogen) atoms. The van der Waals surface area contributed by atoms with E-state index in [1.807, 2.05) is 0 Å². The van der Waals surface area contributed by atoms with E-state index in [-0.39, 0.29) is 23.1 Å². The lowest BCUT2D eigenvalue weighted by atomic mass is 10.2. The van der Waals surface area contributed by atoms with Crippen molar-refractivity contribution >= 4 is 11.6 Å². The molecule has 2 nitrogen and oxygen atoms in total. The summed E-state index contributed by atoms with van der Waals surface area (Å²) in [5.74, 6) is -1.42. The number of halogens is 3. The molecule has 0 bridgehead atoms. The third-order valence-corrected chi connectivity index (χ3v) is 2.61. The number of para-hydroxylation sites is 1. The van der Waals surface area contributed by atoms with Crippen LogP contribution in [0.2, 0.25) is 5.02 Å². The Hall–Kier alpha value is -1.65. The van der Waals surface area contributed by atoms with Gasteiger partial charge in [0.15, 0.2) is 23.1 Å². The van der Waals surface area contributed by atoms with Crippen LogP contribution in [0.25, 0.3) is 0 Å². The lowest BCUT2D eigenvalue weighted by Gasteiger charge is -2.11. The lowest BCUT2D eigenvalue weighted by Crippen LogP contribution is -2.01. The van der Waals surface area contributed by atoms with Crippen LogP contribution < -0.4 is 10.5 Å². The number of hydrogen-bond donors (Lipinski definition) is 1. The molecule has 0 amide bonds. The van der Waals surface area contributed by atoms with E-state index >= 15 is 0 Å². The zero-order valence-corrected chi connectivity index (χ0v) is 10.0. The van der Waals surface area contributed by atoms with E-state index in [4.69, 9.17) is 22.1 Å². The highest BCUT2D eigenvalue weighted by atomic mass is 35.5. The summed E-state index contributed by atoms with van der Waals surface area (Å²) in [6.45, 7) is 0.0995. The van der Waals surface area contributed by atoms with Crippen LogP contribution in [0.3, 0.4) is 0 Å². The molecule has 5 heteroatoms. The second-order valence-electron chi connectivity index (χ2n) is 3.61. The van der Waals surface area contributed by atoms with Crippen LogP contribution in [0.4, 0.5) is 8.78 Å². The molecular weight excluding hydrogens is 260 g/mol. The minimum atomic E-state index is -0.659. The maximum absolute atomic E-state index is 13.6. The normalized spacial score (nSPS) is 10.4. The van der Waals surface area contributed by atoms with Gasteiger partial charge in [-0.25, -0.2) is 8.78 Å². The van der Waals surface area contributed by atoms with E-state index in [2.05, 4.69) is 0 Å². The average Bonchev–Trinajstić information content (AvgIpc) is 2.34.